The molecule has 5 rings (SSSR count). The molecule has 0 fully saturated rings. The Bertz CT molecular complexity index is 1610. The number of rotatable bonds is 10. The van der Waals surface area contributed by atoms with Crippen molar-refractivity contribution in [3.63, 3.8) is 0 Å². The van der Waals surface area contributed by atoms with Crippen LogP contribution in [0.4, 0.5) is 5.13 Å². The third-order valence-electron chi connectivity index (χ3n) is 6.00. The Kier molecular flexibility index (Phi) is 8.36. The zero-order valence-electron chi connectivity index (χ0n) is 21.5. The van der Waals surface area contributed by atoms with Gasteiger partial charge in [0.1, 0.15) is 12.4 Å². The molecule has 40 heavy (non-hydrogen) atoms. The van der Waals surface area contributed by atoms with Crippen LogP contribution in [0, 0.1) is 13.8 Å². The van der Waals surface area contributed by atoms with Gasteiger partial charge < -0.3 is 9.84 Å². The molecule has 0 spiro atoms. The van der Waals surface area contributed by atoms with Gasteiger partial charge in [-0.05, 0) is 49.2 Å². The number of aryl methyl sites for hydroxylation is 2. The molecule has 4 aromatic rings. The number of anilines is 1. The SMILES string of the molecule is C=CCOc1ccc(C2C(C(=O)c3sc(C)nc3C)=C(O)C(=O)N2c2nnc(SCc3ccc(Cl)cc3)s2)cc1. The number of nitrogens with zero attached hydrogens (tertiary/aromatic N) is 4. The molecule has 0 aliphatic carbocycles. The lowest BCUT2D eigenvalue weighted by Gasteiger charge is -2.24. The molecule has 8 nitrogen and oxygen atoms in total. The fraction of sp³-hybridized carbons (Fsp3) is 0.179. The third-order valence-corrected chi connectivity index (χ3v) is 9.45. The van der Waals surface area contributed by atoms with Crippen LogP contribution in [0.25, 0.3) is 0 Å². The Hall–Kier alpha value is -3.51. The summed E-state index contributed by atoms with van der Waals surface area (Å²) >= 11 is 9.89. The molecule has 1 amide bonds. The molecule has 1 unspecified atom stereocenters. The largest absolute Gasteiger partial charge is 0.503 e. The van der Waals surface area contributed by atoms with Crippen LogP contribution in [0.2, 0.25) is 5.02 Å². The molecule has 1 atom stereocenters. The summed E-state index contributed by atoms with van der Waals surface area (Å²) in [6.07, 6.45) is 1.64. The van der Waals surface area contributed by atoms with Gasteiger partial charge in [-0.25, -0.2) is 4.98 Å². The molecular weight excluding hydrogens is 588 g/mol. The molecule has 0 bridgehead atoms. The fourth-order valence-electron chi connectivity index (χ4n) is 4.20. The van der Waals surface area contributed by atoms with Crippen LogP contribution in [0.5, 0.6) is 5.75 Å². The first-order chi connectivity index (χ1) is 19.3. The van der Waals surface area contributed by atoms with Gasteiger partial charge in [0.25, 0.3) is 5.91 Å². The molecule has 0 radical (unpaired) electrons. The van der Waals surface area contributed by atoms with Crippen molar-refractivity contribution in [1.29, 1.82) is 0 Å². The van der Waals surface area contributed by atoms with E-state index in [1.807, 2.05) is 24.3 Å². The highest BCUT2D eigenvalue weighted by Crippen LogP contribution is 2.44. The van der Waals surface area contributed by atoms with Crippen LogP contribution in [0.3, 0.4) is 0 Å². The van der Waals surface area contributed by atoms with E-state index in [9.17, 15) is 14.7 Å². The molecule has 0 saturated carbocycles. The van der Waals surface area contributed by atoms with Crippen molar-refractivity contribution in [2.75, 3.05) is 11.5 Å². The van der Waals surface area contributed by atoms with Crippen LogP contribution in [0.15, 0.2) is 76.9 Å². The van der Waals surface area contributed by atoms with Gasteiger partial charge in [0.15, 0.2) is 10.1 Å². The zero-order valence-corrected chi connectivity index (χ0v) is 24.7. The number of Topliss-reactive ketones (excluding diaryl/α,β-unsaturated/α-hetero) is 1. The van der Waals surface area contributed by atoms with Crippen LogP contribution in [-0.4, -0.2) is 38.6 Å². The molecule has 204 valence electrons. The molecule has 1 N–H and O–H groups in total. The third kappa shape index (κ3) is 5.68. The second-order valence-electron chi connectivity index (χ2n) is 8.75. The summed E-state index contributed by atoms with van der Waals surface area (Å²) in [5.74, 6) is -0.545. The summed E-state index contributed by atoms with van der Waals surface area (Å²) in [7, 11) is 0. The highest BCUT2D eigenvalue weighted by molar-refractivity contribution is 8.00. The molecular formula is C28H23ClN4O4S3. The lowest BCUT2D eigenvalue weighted by molar-refractivity contribution is -0.117. The minimum Gasteiger partial charge on any atom is -0.503 e. The lowest BCUT2D eigenvalue weighted by Crippen LogP contribution is -2.31. The van der Waals surface area contributed by atoms with E-state index in [4.69, 9.17) is 16.3 Å². The highest BCUT2D eigenvalue weighted by atomic mass is 35.5. The number of carbonyl (C=O) groups is 2. The number of aromatic nitrogens is 3. The van der Waals surface area contributed by atoms with Crippen LogP contribution in [0.1, 0.15) is 37.5 Å². The summed E-state index contributed by atoms with van der Waals surface area (Å²) in [5, 5.41) is 21.2. The number of hydrogen-bond acceptors (Lipinski definition) is 10. The number of thiazole rings is 1. The monoisotopic (exact) mass is 610 g/mol. The van der Waals surface area contributed by atoms with Gasteiger partial charge in [0.2, 0.25) is 10.9 Å². The van der Waals surface area contributed by atoms with Gasteiger partial charge in [-0.1, -0.05) is 71.6 Å². The molecule has 2 aromatic carbocycles. The summed E-state index contributed by atoms with van der Waals surface area (Å²) in [6, 6.07) is 13.6. The average Bonchev–Trinajstić information content (AvgIpc) is 3.62. The topological polar surface area (TPSA) is 106 Å². The number of ketones is 1. The summed E-state index contributed by atoms with van der Waals surface area (Å²) in [4.78, 5) is 33.3. The smallest absolute Gasteiger partial charge is 0.296 e. The van der Waals surface area contributed by atoms with Crippen molar-refractivity contribution in [3.05, 3.63) is 104 Å². The van der Waals surface area contributed by atoms with E-state index in [1.54, 1.807) is 44.2 Å². The first-order valence-electron chi connectivity index (χ1n) is 12.1. The molecule has 1 aliphatic rings. The number of hydrogen-bond donors (Lipinski definition) is 1. The molecule has 3 heterocycles. The number of benzene rings is 2. The predicted molar refractivity (Wildman–Crippen MR) is 159 cm³/mol. The number of aliphatic hydroxyl groups excluding tert-OH is 1. The summed E-state index contributed by atoms with van der Waals surface area (Å²) in [5.41, 5.74) is 2.18. The Morgan fingerprint density at radius 1 is 1.15 bits per heavy atom. The van der Waals surface area contributed by atoms with Gasteiger partial charge in [0.05, 0.1) is 27.2 Å². The predicted octanol–water partition coefficient (Wildman–Crippen LogP) is 6.90. The van der Waals surface area contributed by atoms with E-state index in [1.165, 1.54) is 39.3 Å². The highest BCUT2D eigenvalue weighted by Gasteiger charge is 2.46. The Morgan fingerprint density at radius 2 is 1.88 bits per heavy atom. The summed E-state index contributed by atoms with van der Waals surface area (Å²) in [6.45, 7) is 7.53. The van der Waals surface area contributed by atoms with Crippen molar-refractivity contribution in [3.8, 4) is 5.75 Å². The molecule has 12 heteroatoms. The van der Waals surface area contributed by atoms with E-state index >= 15 is 0 Å². The van der Waals surface area contributed by atoms with Gasteiger partial charge >= 0.3 is 0 Å². The van der Waals surface area contributed by atoms with Crippen molar-refractivity contribution >= 4 is 62.9 Å². The molecule has 2 aromatic heterocycles. The Morgan fingerprint density at radius 3 is 2.52 bits per heavy atom. The summed E-state index contributed by atoms with van der Waals surface area (Å²) < 4.78 is 6.23. The van der Waals surface area contributed by atoms with Crippen molar-refractivity contribution in [2.24, 2.45) is 0 Å². The average molecular weight is 611 g/mol. The maximum atomic E-state index is 13.8. The molecule has 1 aliphatic heterocycles. The Labute approximate surface area is 248 Å². The minimum atomic E-state index is -0.919. The van der Waals surface area contributed by atoms with E-state index in [2.05, 4.69) is 21.8 Å². The Balaban J connectivity index is 1.49. The number of ether oxygens (including phenoxy) is 1. The second-order valence-corrected chi connectivity index (χ2v) is 12.6. The van der Waals surface area contributed by atoms with Crippen LogP contribution >= 0.6 is 46.0 Å². The first kappa shape index (κ1) is 28.0. The van der Waals surface area contributed by atoms with E-state index in [0.717, 1.165) is 5.56 Å². The number of aliphatic hydroxyl groups is 1. The standard InChI is InChI=1S/C28H23ClN4O4S3/c1-4-13-37-20-11-7-18(8-12-20)22-21(23(34)25-15(2)30-16(3)39-25)24(35)26(36)33(22)27-31-32-28(40-27)38-14-17-5-9-19(29)10-6-17/h4-12,22,35H,1,13-14H2,2-3H3. The normalized spacial score (nSPS) is 15.1. The van der Waals surface area contributed by atoms with Crippen molar-refractivity contribution < 1.29 is 19.4 Å². The van der Waals surface area contributed by atoms with Crippen molar-refractivity contribution in [1.82, 2.24) is 15.2 Å². The van der Waals surface area contributed by atoms with E-state index < -0.39 is 23.5 Å². The quantitative estimate of drug-likeness (QED) is 0.0894. The first-order valence-corrected chi connectivity index (χ1v) is 15.1. The maximum Gasteiger partial charge on any atom is 0.296 e. The number of halogens is 1. The molecule has 0 saturated heterocycles. The zero-order chi connectivity index (χ0) is 28.4. The lowest BCUT2D eigenvalue weighted by atomic mass is 9.95. The maximum absolute atomic E-state index is 13.8. The number of amides is 1. The van der Waals surface area contributed by atoms with Gasteiger partial charge in [0, 0.05) is 10.8 Å². The number of carbonyl (C=O) groups excluding carboxylic acids is 2. The van der Waals surface area contributed by atoms with Gasteiger partial charge in [-0.3, -0.25) is 14.5 Å². The van der Waals surface area contributed by atoms with Gasteiger partial charge in [-0.2, -0.15) is 0 Å². The second kappa shape index (κ2) is 11.9. The van der Waals surface area contributed by atoms with Crippen molar-refractivity contribution in [2.45, 2.75) is 30.0 Å². The van der Waals surface area contributed by atoms with Crippen LogP contribution < -0.4 is 9.64 Å². The van der Waals surface area contributed by atoms with Gasteiger partial charge in [-0.15, -0.1) is 21.5 Å². The fourth-order valence-corrected chi connectivity index (χ4v) is 7.02. The minimum absolute atomic E-state index is 0.0259. The van der Waals surface area contributed by atoms with E-state index in [0.29, 0.717) is 48.6 Å². The van der Waals surface area contributed by atoms with Crippen LogP contribution in [-0.2, 0) is 10.5 Å². The van der Waals surface area contributed by atoms with E-state index in [-0.39, 0.29) is 10.7 Å². The number of thioether (sulfide) groups is 1.